The molecular formula is C14H29FN2O3. The summed E-state index contributed by atoms with van der Waals surface area (Å²) >= 11 is 0. The number of amides is 1. The predicted octanol–water partition coefficient (Wildman–Crippen LogP) is 1.27. The first-order valence-corrected chi connectivity index (χ1v) is 7.09. The molecule has 0 aromatic heterocycles. The highest BCUT2D eigenvalue weighted by molar-refractivity contribution is 5.72. The van der Waals surface area contributed by atoms with Gasteiger partial charge in [-0.05, 0) is 13.8 Å². The molecule has 1 unspecified atom stereocenters. The van der Waals surface area contributed by atoms with E-state index in [1.54, 1.807) is 13.8 Å². The summed E-state index contributed by atoms with van der Waals surface area (Å²) in [7, 11) is 0. The number of nitrogens with one attached hydrogen (secondary N) is 2. The molecule has 0 aromatic carbocycles. The number of alkyl halides is 1. The summed E-state index contributed by atoms with van der Waals surface area (Å²) < 4.78 is 24.7. The van der Waals surface area contributed by atoms with Crippen molar-refractivity contribution in [3.05, 3.63) is 0 Å². The SMILES string of the molecule is CC(=O)NCC(F)C(C)(C)OCCOCCNC(C)C. The summed E-state index contributed by atoms with van der Waals surface area (Å²) in [5, 5.41) is 5.68. The van der Waals surface area contributed by atoms with Gasteiger partial charge in [0.25, 0.3) is 0 Å². The minimum absolute atomic E-state index is 0.0402. The number of halogens is 1. The van der Waals surface area contributed by atoms with Crippen LogP contribution in [0.3, 0.4) is 0 Å². The Labute approximate surface area is 121 Å². The van der Waals surface area contributed by atoms with E-state index in [9.17, 15) is 9.18 Å². The van der Waals surface area contributed by atoms with Gasteiger partial charge in [0, 0.05) is 19.5 Å². The first kappa shape index (κ1) is 19.3. The molecule has 5 nitrogen and oxygen atoms in total. The second-order valence-corrected chi connectivity index (χ2v) is 5.58. The number of hydrogen-bond donors (Lipinski definition) is 2. The molecule has 0 rings (SSSR count). The van der Waals surface area contributed by atoms with Gasteiger partial charge < -0.3 is 20.1 Å². The smallest absolute Gasteiger partial charge is 0.216 e. The first-order valence-electron chi connectivity index (χ1n) is 7.09. The standard InChI is InChI=1S/C14H29FN2O3/c1-11(2)16-6-7-19-8-9-20-14(4,5)13(15)10-17-12(3)18/h11,13,16H,6-10H2,1-5H3,(H,17,18). The summed E-state index contributed by atoms with van der Waals surface area (Å²) in [6.45, 7) is 10.9. The summed E-state index contributed by atoms with van der Waals surface area (Å²) in [6.07, 6.45) is -1.26. The first-order chi connectivity index (χ1) is 9.25. The summed E-state index contributed by atoms with van der Waals surface area (Å²) in [6, 6.07) is 0.440. The van der Waals surface area contributed by atoms with Gasteiger partial charge in [-0.3, -0.25) is 4.79 Å². The second kappa shape index (κ2) is 10.1. The molecule has 0 aliphatic carbocycles. The fourth-order valence-electron chi connectivity index (χ4n) is 1.46. The van der Waals surface area contributed by atoms with Crippen molar-refractivity contribution in [2.45, 2.75) is 52.4 Å². The van der Waals surface area contributed by atoms with E-state index in [1.807, 2.05) is 0 Å². The second-order valence-electron chi connectivity index (χ2n) is 5.58. The third-order valence-electron chi connectivity index (χ3n) is 2.79. The molecule has 0 bridgehead atoms. The highest BCUT2D eigenvalue weighted by atomic mass is 19.1. The number of carbonyl (C=O) groups excluding carboxylic acids is 1. The van der Waals surface area contributed by atoms with Gasteiger partial charge in [0.05, 0.1) is 32.0 Å². The van der Waals surface area contributed by atoms with Crippen LogP contribution in [0, 0.1) is 0 Å². The van der Waals surface area contributed by atoms with Crippen LogP contribution in [0.4, 0.5) is 4.39 Å². The van der Waals surface area contributed by atoms with Gasteiger partial charge >= 0.3 is 0 Å². The fourth-order valence-corrected chi connectivity index (χ4v) is 1.46. The molecule has 0 aromatic rings. The van der Waals surface area contributed by atoms with Crippen LogP contribution in [0.15, 0.2) is 0 Å². The van der Waals surface area contributed by atoms with Gasteiger partial charge in [0.1, 0.15) is 6.17 Å². The number of ether oxygens (including phenoxy) is 2. The lowest BCUT2D eigenvalue weighted by molar-refractivity contribution is -0.120. The molecular weight excluding hydrogens is 263 g/mol. The van der Waals surface area contributed by atoms with E-state index in [0.29, 0.717) is 25.9 Å². The molecule has 0 radical (unpaired) electrons. The minimum atomic E-state index is -1.26. The van der Waals surface area contributed by atoms with E-state index in [1.165, 1.54) is 6.92 Å². The summed E-state index contributed by atoms with van der Waals surface area (Å²) in [5.74, 6) is -0.246. The van der Waals surface area contributed by atoms with E-state index in [-0.39, 0.29) is 12.5 Å². The van der Waals surface area contributed by atoms with Crippen molar-refractivity contribution in [1.29, 1.82) is 0 Å². The molecule has 20 heavy (non-hydrogen) atoms. The minimum Gasteiger partial charge on any atom is -0.378 e. The number of hydrogen-bond acceptors (Lipinski definition) is 4. The largest absolute Gasteiger partial charge is 0.378 e. The van der Waals surface area contributed by atoms with Crippen LogP contribution in [-0.4, -0.2) is 56.6 Å². The molecule has 0 fully saturated rings. The molecule has 120 valence electrons. The maximum atomic E-state index is 13.9. The van der Waals surface area contributed by atoms with Crippen molar-refractivity contribution in [2.24, 2.45) is 0 Å². The molecule has 6 heteroatoms. The van der Waals surface area contributed by atoms with Crippen molar-refractivity contribution in [1.82, 2.24) is 10.6 Å². The third-order valence-corrected chi connectivity index (χ3v) is 2.79. The third kappa shape index (κ3) is 10.1. The quantitative estimate of drug-likeness (QED) is 0.563. The van der Waals surface area contributed by atoms with E-state index in [0.717, 1.165) is 6.54 Å². The van der Waals surface area contributed by atoms with Crippen molar-refractivity contribution < 1.29 is 18.7 Å². The highest BCUT2D eigenvalue weighted by Crippen LogP contribution is 2.17. The van der Waals surface area contributed by atoms with Crippen molar-refractivity contribution in [3.8, 4) is 0 Å². The maximum Gasteiger partial charge on any atom is 0.216 e. The van der Waals surface area contributed by atoms with Crippen molar-refractivity contribution >= 4 is 5.91 Å². The van der Waals surface area contributed by atoms with Gasteiger partial charge in [-0.25, -0.2) is 4.39 Å². The van der Waals surface area contributed by atoms with Crippen LogP contribution in [0.1, 0.15) is 34.6 Å². The Balaban J connectivity index is 3.68. The normalized spacial score (nSPS) is 13.6. The Hall–Kier alpha value is -0.720. The van der Waals surface area contributed by atoms with Gasteiger partial charge in [-0.2, -0.15) is 0 Å². The molecule has 2 N–H and O–H groups in total. The molecule has 0 spiro atoms. The van der Waals surface area contributed by atoms with Crippen LogP contribution in [0.2, 0.25) is 0 Å². The number of rotatable bonds is 11. The molecule has 0 aliphatic heterocycles. The van der Waals surface area contributed by atoms with Crippen molar-refractivity contribution in [3.63, 3.8) is 0 Å². The predicted molar refractivity (Wildman–Crippen MR) is 77.6 cm³/mol. The van der Waals surface area contributed by atoms with Gasteiger partial charge in [-0.1, -0.05) is 13.8 Å². The molecule has 0 heterocycles. The highest BCUT2D eigenvalue weighted by Gasteiger charge is 2.30. The lowest BCUT2D eigenvalue weighted by atomic mass is 10.0. The van der Waals surface area contributed by atoms with Crippen LogP contribution in [0.5, 0.6) is 0 Å². The van der Waals surface area contributed by atoms with E-state index in [2.05, 4.69) is 24.5 Å². The Morgan fingerprint density at radius 1 is 1.25 bits per heavy atom. The monoisotopic (exact) mass is 292 g/mol. The zero-order valence-corrected chi connectivity index (χ0v) is 13.3. The van der Waals surface area contributed by atoms with Gasteiger partial charge in [0.2, 0.25) is 5.91 Å². The molecule has 0 aliphatic rings. The van der Waals surface area contributed by atoms with Crippen LogP contribution in [0.25, 0.3) is 0 Å². The van der Waals surface area contributed by atoms with Gasteiger partial charge in [0.15, 0.2) is 0 Å². The van der Waals surface area contributed by atoms with Crippen LogP contribution >= 0.6 is 0 Å². The van der Waals surface area contributed by atoms with Crippen molar-refractivity contribution in [2.75, 3.05) is 32.9 Å². The average Bonchev–Trinajstić information content (AvgIpc) is 2.34. The fraction of sp³-hybridized carbons (Fsp3) is 0.929. The Kier molecular flexibility index (Phi) is 9.71. The van der Waals surface area contributed by atoms with E-state index in [4.69, 9.17) is 9.47 Å². The van der Waals surface area contributed by atoms with Crippen LogP contribution < -0.4 is 10.6 Å². The lowest BCUT2D eigenvalue weighted by Gasteiger charge is -2.29. The van der Waals surface area contributed by atoms with E-state index >= 15 is 0 Å². The molecule has 1 atom stereocenters. The Bertz CT molecular complexity index is 273. The number of carbonyl (C=O) groups is 1. The Morgan fingerprint density at radius 2 is 1.90 bits per heavy atom. The Morgan fingerprint density at radius 3 is 2.45 bits per heavy atom. The summed E-state index contributed by atoms with van der Waals surface area (Å²) in [4.78, 5) is 10.7. The topological polar surface area (TPSA) is 59.6 Å². The molecule has 0 saturated heterocycles. The average molecular weight is 292 g/mol. The maximum absolute atomic E-state index is 13.9. The van der Waals surface area contributed by atoms with Gasteiger partial charge in [-0.15, -0.1) is 0 Å². The molecule has 1 amide bonds. The zero-order chi connectivity index (χ0) is 15.6. The lowest BCUT2D eigenvalue weighted by Crippen LogP contribution is -2.44. The van der Waals surface area contributed by atoms with E-state index < -0.39 is 11.8 Å². The zero-order valence-electron chi connectivity index (χ0n) is 13.3. The van der Waals surface area contributed by atoms with Crippen LogP contribution in [-0.2, 0) is 14.3 Å². The summed E-state index contributed by atoms with van der Waals surface area (Å²) in [5.41, 5.74) is -0.942. The molecule has 0 saturated carbocycles.